The molecule has 0 radical (unpaired) electrons. The summed E-state index contributed by atoms with van der Waals surface area (Å²) in [4.78, 5) is 29.4. The standard InChI is InChI=1S/C17H21N3O5S2/c1-25-8-7-20-16(22)13-4-2-3-5-14(13)19-17(20)26-10-15(21)18-12-6-9-27(23,24)11-12/h2-5,12H,6-11H2,1H3,(H,18,21)/t12-/m1/s1. The first kappa shape index (κ1) is 19.8. The SMILES string of the molecule is COCCn1c(SCC(=O)N[C@@H]2CCS(=O)(=O)C2)nc2ccccc2c1=O. The molecule has 146 valence electrons. The molecule has 0 bridgehead atoms. The van der Waals surface area contributed by atoms with Gasteiger partial charge in [0.1, 0.15) is 0 Å². The highest BCUT2D eigenvalue weighted by molar-refractivity contribution is 7.99. The molecule has 1 saturated heterocycles. The number of fused-ring (bicyclic) bond motifs is 1. The minimum absolute atomic E-state index is 0.0177. The number of carbonyl (C=O) groups excluding carboxylic acids is 1. The van der Waals surface area contributed by atoms with E-state index < -0.39 is 9.84 Å². The van der Waals surface area contributed by atoms with Crippen LogP contribution in [0, 0.1) is 0 Å². The highest BCUT2D eigenvalue weighted by Crippen LogP contribution is 2.18. The number of carbonyl (C=O) groups is 1. The number of para-hydroxylation sites is 1. The molecule has 3 rings (SSSR count). The molecule has 0 aliphatic carbocycles. The van der Waals surface area contributed by atoms with Crippen molar-refractivity contribution in [2.24, 2.45) is 0 Å². The Morgan fingerprint density at radius 3 is 2.89 bits per heavy atom. The normalized spacial score (nSPS) is 18.6. The van der Waals surface area contributed by atoms with Crippen LogP contribution in [-0.4, -0.2) is 60.9 Å². The quantitative estimate of drug-likeness (QED) is 0.520. The fourth-order valence-electron chi connectivity index (χ4n) is 2.95. The number of rotatable bonds is 7. The molecule has 1 aliphatic rings. The van der Waals surface area contributed by atoms with Crippen molar-refractivity contribution >= 4 is 38.4 Å². The molecule has 2 heterocycles. The van der Waals surface area contributed by atoms with Gasteiger partial charge < -0.3 is 10.1 Å². The van der Waals surface area contributed by atoms with Crippen LogP contribution in [0.3, 0.4) is 0 Å². The highest BCUT2D eigenvalue weighted by atomic mass is 32.2. The molecule has 1 aromatic carbocycles. The van der Waals surface area contributed by atoms with Crippen molar-refractivity contribution in [2.75, 3.05) is 31.0 Å². The fourth-order valence-corrected chi connectivity index (χ4v) is 5.46. The lowest BCUT2D eigenvalue weighted by atomic mass is 10.2. The van der Waals surface area contributed by atoms with Crippen LogP contribution in [0.1, 0.15) is 6.42 Å². The Hall–Kier alpha value is -1.91. The van der Waals surface area contributed by atoms with E-state index in [1.54, 1.807) is 31.4 Å². The number of aromatic nitrogens is 2. The minimum Gasteiger partial charge on any atom is -0.383 e. The van der Waals surface area contributed by atoms with Crippen LogP contribution >= 0.6 is 11.8 Å². The molecule has 0 spiro atoms. The third kappa shape index (κ3) is 4.88. The van der Waals surface area contributed by atoms with Gasteiger partial charge in [0.15, 0.2) is 15.0 Å². The molecule has 1 fully saturated rings. The maximum absolute atomic E-state index is 12.7. The van der Waals surface area contributed by atoms with Crippen molar-refractivity contribution < 1.29 is 17.9 Å². The summed E-state index contributed by atoms with van der Waals surface area (Å²) in [7, 11) is -1.50. The molecule has 27 heavy (non-hydrogen) atoms. The van der Waals surface area contributed by atoms with Crippen LogP contribution in [0.25, 0.3) is 10.9 Å². The van der Waals surface area contributed by atoms with Crippen LogP contribution in [0.15, 0.2) is 34.2 Å². The smallest absolute Gasteiger partial charge is 0.262 e. The third-order valence-electron chi connectivity index (χ3n) is 4.28. The van der Waals surface area contributed by atoms with Gasteiger partial charge in [-0.1, -0.05) is 23.9 Å². The molecule has 10 heteroatoms. The van der Waals surface area contributed by atoms with E-state index in [0.29, 0.717) is 35.6 Å². The largest absolute Gasteiger partial charge is 0.383 e. The van der Waals surface area contributed by atoms with E-state index in [4.69, 9.17) is 4.74 Å². The molecule has 1 amide bonds. The number of nitrogens with one attached hydrogen (secondary N) is 1. The Kier molecular flexibility index (Phi) is 6.18. The second-order valence-electron chi connectivity index (χ2n) is 6.32. The summed E-state index contributed by atoms with van der Waals surface area (Å²) in [5.74, 6) is -0.138. The second kappa shape index (κ2) is 8.41. The third-order valence-corrected chi connectivity index (χ3v) is 7.02. The van der Waals surface area contributed by atoms with E-state index in [2.05, 4.69) is 10.3 Å². The van der Waals surface area contributed by atoms with Crippen molar-refractivity contribution in [1.82, 2.24) is 14.9 Å². The summed E-state index contributed by atoms with van der Waals surface area (Å²) in [6, 6.07) is 6.71. The average Bonchev–Trinajstić information content (AvgIpc) is 2.97. The Bertz CT molecular complexity index is 1000. The van der Waals surface area contributed by atoms with Crippen molar-refractivity contribution in [3.8, 4) is 0 Å². The molecule has 1 aromatic heterocycles. The Morgan fingerprint density at radius 1 is 1.41 bits per heavy atom. The molecule has 2 aromatic rings. The lowest BCUT2D eigenvalue weighted by Crippen LogP contribution is -2.37. The van der Waals surface area contributed by atoms with E-state index in [-0.39, 0.29) is 34.8 Å². The molecule has 0 saturated carbocycles. The van der Waals surface area contributed by atoms with E-state index in [1.807, 2.05) is 0 Å². The van der Waals surface area contributed by atoms with Crippen LogP contribution < -0.4 is 10.9 Å². The monoisotopic (exact) mass is 411 g/mol. The summed E-state index contributed by atoms with van der Waals surface area (Å²) in [6.45, 7) is 0.678. The van der Waals surface area contributed by atoms with Crippen molar-refractivity contribution in [3.63, 3.8) is 0 Å². The van der Waals surface area contributed by atoms with Crippen LogP contribution in [-0.2, 0) is 25.9 Å². The Balaban J connectivity index is 1.75. The van der Waals surface area contributed by atoms with Crippen LogP contribution in [0.4, 0.5) is 0 Å². The summed E-state index contributed by atoms with van der Waals surface area (Å²) in [5, 5.41) is 3.69. The molecular formula is C17H21N3O5S2. The number of ether oxygens (including phenoxy) is 1. The number of methoxy groups -OCH3 is 1. The zero-order chi connectivity index (χ0) is 19.4. The van der Waals surface area contributed by atoms with E-state index in [1.165, 1.54) is 4.57 Å². The average molecular weight is 412 g/mol. The summed E-state index contributed by atoms with van der Waals surface area (Å²) in [5.41, 5.74) is 0.392. The first-order valence-corrected chi connectivity index (χ1v) is 11.3. The molecule has 1 N–H and O–H groups in total. The highest BCUT2D eigenvalue weighted by Gasteiger charge is 2.28. The number of hydrogen-bond acceptors (Lipinski definition) is 7. The molecular weight excluding hydrogens is 390 g/mol. The first-order chi connectivity index (χ1) is 12.9. The molecule has 8 nitrogen and oxygen atoms in total. The lowest BCUT2D eigenvalue weighted by molar-refractivity contribution is -0.119. The predicted molar refractivity (Wildman–Crippen MR) is 104 cm³/mol. The van der Waals surface area contributed by atoms with Crippen molar-refractivity contribution in [3.05, 3.63) is 34.6 Å². The van der Waals surface area contributed by atoms with Gasteiger partial charge in [0.25, 0.3) is 5.56 Å². The summed E-state index contributed by atoms with van der Waals surface area (Å²) in [6.07, 6.45) is 0.436. The van der Waals surface area contributed by atoms with Gasteiger partial charge in [-0.15, -0.1) is 0 Å². The Morgan fingerprint density at radius 2 is 2.19 bits per heavy atom. The number of benzene rings is 1. The molecule has 1 aliphatic heterocycles. The van der Waals surface area contributed by atoms with Gasteiger partial charge in [0.2, 0.25) is 5.91 Å². The maximum atomic E-state index is 12.7. The van der Waals surface area contributed by atoms with Crippen molar-refractivity contribution in [2.45, 2.75) is 24.2 Å². The predicted octanol–water partition coefficient (Wildman–Crippen LogP) is 0.438. The summed E-state index contributed by atoms with van der Waals surface area (Å²) < 4.78 is 29.6. The zero-order valence-electron chi connectivity index (χ0n) is 14.9. The van der Waals surface area contributed by atoms with Gasteiger partial charge >= 0.3 is 0 Å². The van der Waals surface area contributed by atoms with Crippen LogP contribution in [0.5, 0.6) is 0 Å². The van der Waals surface area contributed by atoms with E-state index >= 15 is 0 Å². The second-order valence-corrected chi connectivity index (χ2v) is 9.49. The van der Waals surface area contributed by atoms with Crippen molar-refractivity contribution in [1.29, 1.82) is 0 Å². The van der Waals surface area contributed by atoms with E-state index in [9.17, 15) is 18.0 Å². The fraction of sp³-hybridized carbons (Fsp3) is 0.471. The van der Waals surface area contributed by atoms with Gasteiger partial charge in [-0.2, -0.15) is 0 Å². The minimum atomic E-state index is -3.05. The van der Waals surface area contributed by atoms with Gasteiger partial charge in [0, 0.05) is 13.2 Å². The summed E-state index contributed by atoms with van der Waals surface area (Å²) >= 11 is 1.15. The molecule has 1 atom stereocenters. The van der Waals surface area contributed by atoms with Gasteiger partial charge in [0.05, 0.1) is 41.3 Å². The zero-order valence-corrected chi connectivity index (χ0v) is 16.5. The number of sulfone groups is 1. The molecule has 0 unspecified atom stereocenters. The number of hydrogen-bond donors (Lipinski definition) is 1. The maximum Gasteiger partial charge on any atom is 0.262 e. The lowest BCUT2D eigenvalue weighted by Gasteiger charge is -2.14. The first-order valence-electron chi connectivity index (χ1n) is 8.51. The van der Waals surface area contributed by atoms with Gasteiger partial charge in [-0.3, -0.25) is 14.2 Å². The number of thioether (sulfide) groups is 1. The van der Waals surface area contributed by atoms with Gasteiger partial charge in [-0.25, -0.2) is 13.4 Å². The topological polar surface area (TPSA) is 107 Å². The number of amides is 1. The van der Waals surface area contributed by atoms with Gasteiger partial charge in [-0.05, 0) is 18.6 Å². The van der Waals surface area contributed by atoms with E-state index in [0.717, 1.165) is 11.8 Å². The Labute approximate surface area is 161 Å². The van der Waals surface area contributed by atoms with Crippen LogP contribution in [0.2, 0.25) is 0 Å². The number of nitrogens with zero attached hydrogens (tertiary/aromatic N) is 2.